The van der Waals surface area contributed by atoms with Gasteiger partial charge in [-0.15, -0.1) is 0 Å². The van der Waals surface area contributed by atoms with Crippen LogP contribution < -0.4 is 5.32 Å². The van der Waals surface area contributed by atoms with E-state index in [9.17, 15) is 4.79 Å². The number of nitrogens with zero attached hydrogens (tertiary/aromatic N) is 2. The van der Waals surface area contributed by atoms with Crippen LogP contribution in [0.3, 0.4) is 0 Å². The quantitative estimate of drug-likeness (QED) is 0.762. The van der Waals surface area contributed by atoms with Crippen molar-refractivity contribution in [3.63, 3.8) is 0 Å². The number of piperazine rings is 1. The Hall–Kier alpha value is -0.810. The Labute approximate surface area is 129 Å². The van der Waals surface area contributed by atoms with Gasteiger partial charge in [0.1, 0.15) is 0 Å². The highest BCUT2D eigenvalue weighted by atomic mass is 16.5. The summed E-state index contributed by atoms with van der Waals surface area (Å²) in [6.07, 6.45) is 6.50. The maximum atomic E-state index is 12.0. The van der Waals surface area contributed by atoms with E-state index in [1.165, 1.54) is 25.7 Å². The Kier molecular flexibility index (Phi) is 6.77. The first-order valence-corrected chi connectivity index (χ1v) is 8.52. The smallest absolute Gasteiger partial charge is 0.317 e. The van der Waals surface area contributed by atoms with Crippen molar-refractivity contribution >= 4 is 6.03 Å². The molecule has 0 aromatic carbocycles. The fourth-order valence-corrected chi connectivity index (χ4v) is 3.39. The van der Waals surface area contributed by atoms with Crippen LogP contribution in [0.15, 0.2) is 0 Å². The van der Waals surface area contributed by atoms with Gasteiger partial charge in [0.15, 0.2) is 0 Å². The molecule has 0 aromatic rings. The van der Waals surface area contributed by atoms with Crippen molar-refractivity contribution in [1.82, 2.24) is 15.1 Å². The van der Waals surface area contributed by atoms with Gasteiger partial charge < -0.3 is 19.9 Å². The SMILES string of the molecule is CCOC1CCC(CCCNC(=O)N2CCN(C)CC2)C1. The normalized spacial score (nSPS) is 27.0. The third-order valence-electron chi connectivity index (χ3n) is 4.75. The Balaban J connectivity index is 1.52. The summed E-state index contributed by atoms with van der Waals surface area (Å²) in [7, 11) is 2.10. The van der Waals surface area contributed by atoms with Crippen LogP contribution in [0.5, 0.6) is 0 Å². The average molecular weight is 297 g/mol. The first kappa shape index (κ1) is 16.6. The number of urea groups is 1. The van der Waals surface area contributed by atoms with Crippen molar-refractivity contribution in [3.8, 4) is 0 Å². The van der Waals surface area contributed by atoms with Gasteiger partial charge in [0.25, 0.3) is 0 Å². The monoisotopic (exact) mass is 297 g/mol. The molecule has 122 valence electrons. The highest BCUT2D eigenvalue weighted by Crippen LogP contribution is 2.30. The molecule has 1 N–H and O–H groups in total. The Morgan fingerprint density at radius 1 is 1.24 bits per heavy atom. The number of amides is 2. The molecule has 2 atom stereocenters. The van der Waals surface area contributed by atoms with E-state index in [1.54, 1.807) is 0 Å². The van der Waals surface area contributed by atoms with Crippen molar-refractivity contribution in [3.05, 3.63) is 0 Å². The first-order chi connectivity index (χ1) is 10.2. The zero-order chi connectivity index (χ0) is 15.1. The van der Waals surface area contributed by atoms with E-state index in [1.807, 2.05) is 4.90 Å². The highest BCUT2D eigenvalue weighted by molar-refractivity contribution is 5.74. The van der Waals surface area contributed by atoms with E-state index in [2.05, 4.69) is 24.2 Å². The summed E-state index contributed by atoms with van der Waals surface area (Å²) in [5.41, 5.74) is 0. The number of rotatable bonds is 6. The van der Waals surface area contributed by atoms with E-state index < -0.39 is 0 Å². The molecular formula is C16H31N3O2. The van der Waals surface area contributed by atoms with Crippen molar-refractivity contribution in [2.45, 2.75) is 45.1 Å². The van der Waals surface area contributed by atoms with E-state index in [-0.39, 0.29) is 6.03 Å². The molecule has 5 nitrogen and oxygen atoms in total. The van der Waals surface area contributed by atoms with Gasteiger partial charge in [0.2, 0.25) is 0 Å². The predicted octanol–water partition coefficient (Wildman–Crippen LogP) is 1.93. The van der Waals surface area contributed by atoms with Crippen LogP contribution in [0, 0.1) is 5.92 Å². The van der Waals surface area contributed by atoms with Gasteiger partial charge in [0.05, 0.1) is 6.10 Å². The maximum Gasteiger partial charge on any atom is 0.317 e. The molecule has 21 heavy (non-hydrogen) atoms. The Morgan fingerprint density at radius 2 is 2.00 bits per heavy atom. The summed E-state index contributed by atoms with van der Waals surface area (Å²) in [6, 6.07) is 0.113. The maximum absolute atomic E-state index is 12.0. The Bertz CT molecular complexity index is 317. The predicted molar refractivity (Wildman–Crippen MR) is 84.5 cm³/mol. The van der Waals surface area contributed by atoms with E-state index >= 15 is 0 Å². The number of carbonyl (C=O) groups excluding carboxylic acids is 1. The molecule has 1 aliphatic carbocycles. The minimum absolute atomic E-state index is 0.113. The van der Waals surface area contributed by atoms with Gasteiger partial charge in [-0.1, -0.05) is 0 Å². The molecule has 5 heteroatoms. The van der Waals surface area contributed by atoms with Crippen LogP contribution in [0.4, 0.5) is 4.79 Å². The lowest BCUT2D eigenvalue weighted by Crippen LogP contribution is -2.50. The van der Waals surface area contributed by atoms with Gasteiger partial charge in [-0.2, -0.15) is 0 Å². The van der Waals surface area contributed by atoms with Crippen LogP contribution >= 0.6 is 0 Å². The van der Waals surface area contributed by atoms with Crippen LogP contribution in [-0.4, -0.2) is 68.3 Å². The summed E-state index contributed by atoms with van der Waals surface area (Å²) < 4.78 is 5.69. The third kappa shape index (κ3) is 5.47. The number of nitrogens with one attached hydrogen (secondary N) is 1. The zero-order valence-electron chi connectivity index (χ0n) is 13.6. The lowest BCUT2D eigenvalue weighted by atomic mass is 10.0. The van der Waals surface area contributed by atoms with E-state index in [0.717, 1.165) is 51.7 Å². The molecule has 1 saturated carbocycles. The number of ether oxygens (including phenoxy) is 1. The first-order valence-electron chi connectivity index (χ1n) is 8.52. The minimum atomic E-state index is 0.113. The number of likely N-dealkylation sites (N-methyl/N-ethyl adjacent to an activating group) is 1. The molecule has 2 rings (SSSR count). The van der Waals surface area contributed by atoms with Crippen LogP contribution in [0.1, 0.15) is 39.0 Å². The van der Waals surface area contributed by atoms with E-state index in [0.29, 0.717) is 6.10 Å². The van der Waals surface area contributed by atoms with Gasteiger partial charge in [-0.25, -0.2) is 4.79 Å². The summed E-state index contributed by atoms with van der Waals surface area (Å²) >= 11 is 0. The molecule has 0 bridgehead atoms. The van der Waals surface area contributed by atoms with E-state index in [4.69, 9.17) is 4.74 Å². The van der Waals surface area contributed by atoms with Gasteiger partial charge in [-0.3, -0.25) is 0 Å². The molecule has 2 unspecified atom stereocenters. The summed E-state index contributed by atoms with van der Waals surface area (Å²) in [4.78, 5) is 16.2. The molecular weight excluding hydrogens is 266 g/mol. The molecule has 0 radical (unpaired) electrons. The van der Waals surface area contributed by atoms with Crippen molar-refractivity contribution in [2.24, 2.45) is 5.92 Å². The molecule has 0 aromatic heterocycles. The van der Waals surface area contributed by atoms with Crippen LogP contribution in [-0.2, 0) is 4.74 Å². The molecule has 2 fully saturated rings. The molecule has 2 amide bonds. The van der Waals surface area contributed by atoms with Gasteiger partial charge in [0, 0.05) is 39.3 Å². The standard InChI is InChI=1S/C16H31N3O2/c1-3-21-15-7-6-14(13-15)5-4-8-17-16(20)19-11-9-18(2)10-12-19/h14-15H,3-13H2,1-2H3,(H,17,20). The summed E-state index contributed by atoms with van der Waals surface area (Å²) in [6.45, 7) is 7.37. The highest BCUT2D eigenvalue weighted by Gasteiger charge is 2.24. The average Bonchev–Trinajstić information content (AvgIpc) is 2.92. The van der Waals surface area contributed by atoms with Crippen molar-refractivity contribution in [1.29, 1.82) is 0 Å². The lowest BCUT2D eigenvalue weighted by Gasteiger charge is -2.32. The summed E-state index contributed by atoms with van der Waals surface area (Å²) in [5, 5.41) is 3.06. The van der Waals surface area contributed by atoms with Gasteiger partial charge in [-0.05, 0) is 52.0 Å². The zero-order valence-corrected chi connectivity index (χ0v) is 13.6. The number of carbonyl (C=O) groups is 1. The number of hydrogen-bond donors (Lipinski definition) is 1. The molecule has 0 spiro atoms. The Morgan fingerprint density at radius 3 is 2.71 bits per heavy atom. The molecule has 1 saturated heterocycles. The fraction of sp³-hybridized carbons (Fsp3) is 0.938. The second-order valence-corrected chi connectivity index (χ2v) is 6.42. The second-order valence-electron chi connectivity index (χ2n) is 6.42. The lowest BCUT2D eigenvalue weighted by molar-refractivity contribution is 0.0651. The van der Waals surface area contributed by atoms with Crippen molar-refractivity contribution < 1.29 is 9.53 Å². The largest absolute Gasteiger partial charge is 0.378 e. The van der Waals surface area contributed by atoms with Gasteiger partial charge >= 0.3 is 6.03 Å². The summed E-state index contributed by atoms with van der Waals surface area (Å²) in [5.74, 6) is 0.794. The fourth-order valence-electron chi connectivity index (χ4n) is 3.39. The third-order valence-corrected chi connectivity index (χ3v) is 4.75. The molecule has 2 aliphatic rings. The van der Waals surface area contributed by atoms with Crippen LogP contribution in [0.25, 0.3) is 0 Å². The second kappa shape index (κ2) is 8.59. The van der Waals surface area contributed by atoms with Crippen molar-refractivity contribution in [2.75, 3.05) is 46.4 Å². The molecule has 1 heterocycles. The number of hydrogen-bond acceptors (Lipinski definition) is 3. The van der Waals surface area contributed by atoms with Crippen LogP contribution in [0.2, 0.25) is 0 Å². The molecule has 1 aliphatic heterocycles. The topological polar surface area (TPSA) is 44.8 Å². The minimum Gasteiger partial charge on any atom is -0.378 e.